The lowest BCUT2D eigenvalue weighted by Gasteiger charge is -2.14. The first-order valence-electron chi connectivity index (χ1n) is 6.34. The summed E-state index contributed by atoms with van der Waals surface area (Å²) in [6.45, 7) is 1.61. The van der Waals surface area contributed by atoms with E-state index in [2.05, 4.69) is 15.0 Å². The Balaban J connectivity index is 1.78. The Morgan fingerprint density at radius 2 is 2.40 bits per heavy atom. The highest BCUT2D eigenvalue weighted by Gasteiger charge is 2.28. The molecule has 0 amide bonds. The van der Waals surface area contributed by atoms with Crippen LogP contribution in [0.15, 0.2) is 17.4 Å². The lowest BCUT2D eigenvalue weighted by atomic mass is 10.2. The number of imidazole rings is 1. The maximum absolute atomic E-state index is 11.6. The van der Waals surface area contributed by atoms with Gasteiger partial charge in [-0.05, 0) is 12.8 Å². The summed E-state index contributed by atoms with van der Waals surface area (Å²) in [5, 5.41) is 0. The zero-order chi connectivity index (χ0) is 14.1. The number of carbonyl (C=O) groups excluding carboxylic acids is 1. The predicted octanol–water partition coefficient (Wildman–Crippen LogP) is 0.360. The molecule has 2 unspecified atom stereocenters. The second-order valence-corrected chi connectivity index (χ2v) is 4.65. The number of H-pyrrole nitrogens is 1. The summed E-state index contributed by atoms with van der Waals surface area (Å²) in [6, 6.07) is 0. The minimum Gasteiger partial charge on any atom is -0.463 e. The number of hydrogen-bond acceptors (Lipinski definition) is 6. The Bertz CT molecular complexity index is 692. The summed E-state index contributed by atoms with van der Waals surface area (Å²) in [5.74, 6) is -0.321. The zero-order valence-electron chi connectivity index (χ0n) is 10.9. The number of carbonyl (C=O) groups is 1. The molecule has 1 N–H and O–H groups in total. The van der Waals surface area contributed by atoms with E-state index in [4.69, 9.17) is 9.47 Å². The Hall–Kier alpha value is -2.22. The molecule has 2 atom stereocenters. The van der Waals surface area contributed by atoms with E-state index >= 15 is 0 Å². The van der Waals surface area contributed by atoms with Crippen molar-refractivity contribution >= 4 is 17.1 Å². The summed E-state index contributed by atoms with van der Waals surface area (Å²) in [4.78, 5) is 33.0. The van der Waals surface area contributed by atoms with Crippen LogP contribution in [0.5, 0.6) is 0 Å². The first kappa shape index (κ1) is 12.8. The van der Waals surface area contributed by atoms with E-state index in [1.165, 1.54) is 13.3 Å². The molecule has 2 aromatic heterocycles. The van der Waals surface area contributed by atoms with Gasteiger partial charge in [0, 0.05) is 6.92 Å². The minimum absolute atomic E-state index is 0.136. The Morgan fingerprint density at radius 3 is 3.20 bits per heavy atom. The molecule has 1 fully saturated rings. The molecule has 20 heavy (non-hydrogen) atoms. The quantitative estimate of drug-likeness (QED) is 0.814. The van der Waals surface area contributed by atoms with Gasteiger partial charge in [0.05, 0.1) is 18.8 Å². The van der Waals surface area contributed by atoms with E-state index in [1.807, 2.05) is 0 Å². The van der Waals surface area contributed by atoms with Gasteiger partial charge in [-0.2, -0.15) is 0 Å². The molecule has 0 aliphatic carbocycles. The number of rotatable bonds is 3. The Kier molecular flexibility index (Phi) is 3.23. The van der Waals surface area contributed by atoms with Gasteiger partial charge in [-0.3, -0.25) is 14.2 Å². The fourth-order valence-corrected chi connectivity index (χ4v) is 2.30. The molecule has 1 saturated heterocycles. The molecular weight excluding hydrogens is 264 g/mol. The number of nitrogens with zero attached hydrogens (tertiary/aromatic N) is 3. The third kappa shape index (κ3) is 2.29. The molecule has 0 bridgehead atoms. The molecular formula is C12H14N4O4. The first-order valence-corrected chi connectivity index (χ1v) is 6.34. The third-order valence-electron chi connectivity index (χ3n) is 3.23. The molecule has 8 nitrogen and oxygen atoms in total. The van der Waals surface area contributed by atoms with Crippen LogP contribution in [-0.4, -0.2) is 38.2 Å². The number of fused-ring (bicyclic) bond motifs is 1. The number of aromatic nitrogens is 4. The number of hydrogen-bond donors (Lipinski definition) is 1. The topological polar surface area (TPSA) is 99.1 Å². The van der Waals surface area contributed by atoms with Gasteiger partial charge in [0.2, 0.25) is 0 Å². The van der Waals surface area contributed by atoms with Crippen LogP contribution in [0.2, 0.25) is 0 Å². The van der Waals surface area contributed by atoms with Crippen LogP contribution >= 0.6 is 0 Å². The van der Waals surface area contributed by atoms with E-state index in [-0.39, 0.29) is 30.5 Å². The molecule has 1 aliphatic rings. The van der Waals surface area contributed by atoms with E-state index in [0.717, 1.165) is 12.8 Å². The highest BCUT2D eigenvalue weighted by Crippen LogP contribution is 2.29. The molecule has 0 radical (unpaired) electrons. The maximum atomic E-state index is 11.6. The lowest BCUT2D eigenvalue weighted by molar-refractivity contribution is -0.145. The van der Waals surface area contributed by atoms with Gasteiger partial charge in [-0.1, -0.05) is 0 Å². The van der Waals surface area contributed by atoms with Crippen molar-refractivity contribution in [3.05, 3.63) is 23.0 Å². The molecule has 3 heterocycles. The number of esters is 1. The SMILES string of the molecule is CC(=O)OCC1CCC(n2cnc3c(=O)[nH]cnc32)O1. The van der Waals surface area contributed by atoms with E-state index in [1.54, 1.807) is 10.9 Å². The molecule has 2 aromatic rings. The summed E-state index contributed by atoms with van der Waals surface area (Å²) in [5.41, 5.74) is 0.509. The smallest absolute Gasteiger partial charge is 0.302 e. The monoisotopic (exact) mass is 278 g/mol. The summed E-state index contributed by atoms with van der Waals surface area (Å²) in [6.07, 6.45) is 4.05. The average Bonchev–Trinajstić information content (AvgIpc) is 3.02. The van der Waals surface area contributed by atoms with Crippen LogP contribution in [0.4, 0.5) is 0 Å². The first-order chi connectivity index (χ1) is 9.65. The van der Waals surface area contributed by atoms with Crippen molar-refractivity contribution in [3.8, 4) is 0 Å². The molecule has 106 valence electrons. The van der Waals surface area contributed by atoms with Crippen molar-refractivity contribution in [2.45, 2.75) is 32.1 Å². The summed E-state index contributed by atoms with van der Waals surface area (Å²) in [7, 11) is 0. The average molecular weight is 278 g/mol. The van der Waals surface area contributed by atoms with Gasteiger partial charge in [-0.15, -0.1) is 0 Å². The summed E-state index contributed by atoms with van der Waals surface area (Å²) < 4.78 is 12.5. The largest absolute Gasteiger partial charge is 0.463 e. The molecule has 0 spiro atoms. The zero-order valence-corrected chi connectivity index (χ0v) is 10.9. The Labute approximate surface area is 113 Å². The Morgan fingerprint density at radius 1 is 1.55 bits per heavy atom. The van der Waals surface area contributed by atoms with Crippen molar-refractivity contribution in [2.75, 3.05) is 6.61 Å². The minimum atomic E-state index is -0.321. The number of nitrogens with one attached hydrogen (secondary N) is 1. The van der Waals surface area contributed by atoms with Crippen LogP contribution in [0.25, 0.3) is 11.2 Å². The van der Waals surface area contributed by atoms with Gasteiger partial charge < -0.3 is 14.5 Å². The fourth-order valence-electron chi connectivity index (χ4n) is 2.30. The van der Waals surface area contributed by atoms with Crippen LogP contribution in [0, 0.1) is 0 Å². The van der Waals surface area contributed by atoms with Crippen LogP contribution in [-0.2, 0) is 14.3 Å². The maximum Gasteiger partial charge on any atom is 0.302 e. The van der Waals surface area contributed by atoms with E-state index in [0.29, 0.717) is 11.2 Å². The molecule has 0 saturated carbocycles. The standard InChI is InChI=1S/C12H14N4O4/c1-7(17)19-4-8-2-3-9(20-8)16-6-15-10-11(16)13-5-14-12(10)18/h5-6,8-9H,2-4H2,1H3,(H,13,14,18). The van der Waals surface area contributed by atoms with Gasteiger partial charge in [0.1, 0.15) is 12.8 Å². The van der Waals surface area contributed by atoms with Crippen molar-refractivity contribution in [1.82, 2.24) is 19.5 Å². The number of aromatic amines is 1. The second-order valence-electron chi connectivity index (χ2n) is 4.65. The third-order valence-corrected chi connectivity index (χ3v) is 3.23. The van der Waals surface area contributed by atoms with Gasteiger partial charge in [-0.25, -0.2) is 9.97 Å². The van der Waals surface area contributed by atoms with Crippen LogP contribution in [0.3, 0.4) is 0 Å². The lowest BCUT2D eigenvalue weighted by Crippen LogP contribution is -2.18. The van der Waals surface area contributed by atoms with Crippen molar-refractivity contribution in [1.29, 1.82) is 0 Å². The van der Waals surface area contributed by atoms with E-state index in [9.17, 15) is 9.59 Å². The molecule has 8 heteroatoms. The van der Waals surface area contributed by atoms with Crippen molar-refractivity contribution in [3.63, 3.8) is 0 Å². The van der Waals surface area contributed by atoms with Crippen molar-refractivity contribution < 1.29 is 14.3 Å². The second kappa shape index (κ2) is 5.04. The van der Waals surface area contributed by atoms with Crippen molar-refractivity contribution in [2.24, 2.45) is 0 Å². The summed E-state index contributed by atoms with van der Waals surface area (Å²) >= 11 is 0. The highest BCUT2D eigenvalue weighted by molar-refractivity contribution is 5.68. The molecule has 0 aromatic carbocycles. The normalized spacial score (nSPS) is 22.2. The van der Waals surface area contributed by atoms with E-state index < -0.39 is 0 Å². The predicted molar refractivity (Wildman–Crippen MR) is 67.9 cm³/mol. The molecule has 3 rings (SSSR count). The molecule has 1 aliphatic heterocycles. The van der Waals surface area contributed by atoms with Crippen LogP contribution < -0.4 is 5.56 Å². The number of ether oxygens (including phenoxy) is 2. The van der Waals surface area contributed by atoms with Gasteiger partial charge in [0.25, 0.3) is 5.56 Å². The highest BCUT2D eigenvalue weighted by atomic mass is 16.6. The van der Waals surface area contributed by atoms with Gasteiger partial charge in [0.15, 0.2) is 11.2 Å². The van der Waals surface area contributed by atoms with Gasteiger partial charge >= 0.3 is 5.97 Å². The fraction of sp³-hybridized carbons (Fsp3) is 0.500. The van der Waals surface area contributed by atoms with Crippen LogP contribution in [0.1, 0.15) is 26.0 Å².